The fourth-order valence-corrected chi connectivity index (χ4v) is 3.37. The number of carbonyl (C=O) groups is 1. The summed E-state index contributed by atoms with van der Waals surface area (Å²) in [6.45, 7) is 4.08. The maximum Gasteiger partial charge on any atom is 0.336 e. The molecule has 0 bridgehead atoms. The van der Waals surface area contributed by atoms with Gasteiger partial charge in [-0.2, -0.15) is 0 Å². The van der Waals surface area contributed by atoms with Gasteiger partial charge in [-0.1, -0.05) is 19.9 Å². The van der Waals surface area contributed by atoms with E-state index in [0.29, 0.717) is 22.7 Å². The maximum absolute atomic E-state index is 11.2. The van der Waals surface area contributed by atoms with Crippen LogP contribution in [-0.2, 0) is 4.79 Å². The van der Waals surface area contributed by atoms with Crippen molar-refractivity contribution < 1.29 is 32.9 Å². The fraction of sp³-hybridized carbons (Fsp3) is 0.231. The molecule has 2 heterocycles. The summed E-state index contributed by atoms with van der Waals surface area (Å²) in [5.41, 5.74) is 1.57. The Bertz CT molecular complexity index is 1390. The highest BCUT2D eigenvalue weighted by atomic mass is 16.5. The second kappa shape index (κ2) is 10.6. The number of hydrogen-bond donors (Lipinski definition) is 1. The average molecular weight is 466 g/mol. The zero-order valence-corrected chi connectivity index (χ0v) is 19.6. The number of methoxy groups -OCH3 is 3. The predicted octanol–water partition coefficient (Wildman–Crippen LogP) is 5.47. The summed E-state index contributed by atoms with van der Waals surface area (Å²) in [7, 11) is 4.71. The van der Waals surface area contributed by atoms with Gasteiger partial charge in [-0.3, -0.25) is 0 Å². The fourth-order valence-electron chi connectivity index (χ4n) is 3.37. The smallest absolute Gasteiger partial charge is 0.336 e. The minimum absolute atomic E-state index is 0.220. The van der Waals surface area contributed by atoms with Crippen molar-refractivity contribution >= 4 is 34.0 Å². The van der Waals surface area contributed by atoms with Crippen LogP contribution < -0.4 is 19.8 Å². The van der Waals surface area contributed by atoms with Crippen molar-refractivity contribution in [2.75, 3.05) is 21.3 Å². The van der Waals surface area contributed by atoms with E-state index in [1.807, 2.05) is 19.9 Å². The normalized spacial score (nSPS) is 11.0. The lowest BCUT2D eigenvalue weighted by molar-refractivity contribution is -0.131. The molecule has 0 spiro atoms. The summed E-state index contributed by atoms with van der Waals surface area (Å²) < 4.78 is 26.5. The summed E-state index contributed by atoms with van der Waals surface area (Å²) >= 11 is 0. The van der Waals surface area contributed by atoms with E-state index in [1.54, 1.807) is 44.6 Å². The largest absolute Gasteiger partial charge is 0.493 e. The SMILES string of the molecule is COc1c(C(C)C)oc2cc3oc(=O)ccc3cc12.COc1ccc(C=CC(=O)O)cc1OC. The summed E-state index contributed by atoms with van der Waals surface area (Å²) in [5, 5.41) is 10.2. The van der Waals surface area contributed by atoms with Gasteiger partial charge in [0, 0.05) is 29.5 Å². The number of rotatable bonds is 6. The van der Waals surface area contributed by atoms with Crippen LogP contribution in [0.2, 0.25) is 0 Å². The lowest BCUT2D eigenvalue weighted by atomic mass is 10.1. The van der Waals surface area contributed by atoms with E-state index in [1.165, 1.54) is 19.3 Å². The van der Waals surface area contributed by atoms with Crippen molar-refractivity contribution in [1.29, 1.82) is 0 Å². The molecule has 0 aliphatic heterocycles. The number of furan rings is 1. The molecule has 0 unspecified atom stereocenters. The van der Waals surface area contributed by atoms with Crippen LogP contribution in [0.15, 0.2) is 62.2 Å². The molecule has 1 N–H and O–H groups in total. The Hall–Kier alpha value is -4.20. The Morgan fingerprint density at radius 2 is 1.65 bits per heavy atom. The number of fused-ring (bicyclic) bond motifs is 2. The average Bonchev–Trinajstić information content (AvgIpc) is 3.19. The molecule has 0 aliphatic carbocycles. The quantitative estimate of drug-likeness (QED) is 0.294. The molecule has 0 atom stereocenters. The van der Waals surface area contributed by atoms with Gasteiger partial charge in [0.05, 0.1) is 26.7 Å². The Balaban J connectivity index is 0.000000197. The zero-order valence-electron chi connectivity index (χ0n) is 19.6. The van der Waals surface area contributed by atoms with Gasteiger partial charge in [0.15, 0.2) is 17.2 Å². The molecule has 2 aromatic carbocycles. The monoisotopic (exact) mass is 466 g/mol. The number of carboxylic acid groups (broad SMARTS) is 1. The Morgan fingerprint density at radius 3 is 2.26 bits per heavy atom. The number of ether oxygens (including phenoxy) is 3. The van der Waals surface area contributed by atoms with Gasteiger partial charge in [0.25, 0.3) is 0 Å². The minimum Gasteiger partial charge on any atom is -0.493 e. The van der Waals surface area contributed by atoms with Crippen LogP contribution in [0.25, 0.3) is 28.0 Å². The van der Waals surface area contributed by atoms with Crippen molar-refractivity contribution in [2.45, 2.75) is 19.8 Å². The lowest BCUT2D eigenvalue weighted by Crippen LogP contribution is -1.94. The Labute approximate surface area is 196 Å². The molecule has 0 aliphatic rings. The molecule has 0 radical (unpaired) electrons. The number of aliphatic carboxylic acids is 1. The Morgan fingerprint density at radius 1 is 0.912 bits per heavy atom. The number of hydrogen-bond acceptors (Lipinski definition) is 7. The van der Waals surface area contributed by atoms with Crippen molar-refractivity contribution in [1.82, 2.24) is 0 Å². The van der Waals surface area contributed by atoms with Crippen molar-refractivity contribution in [3.05, 3.63) is 70.3 Å². The molecule has 2 aromatic heterocycles. The molecule has 8 heteroatoms. The first-order valence-electron chi connectivity index (χ1n) is 10.4. The van der Waals surface area contributed by atoms with Gasteiger partial charge in [0.2, 0.25) is 0 Å². The van der Waals surface area contributed by atoms with Gasteiger partial charge >= 0.3 is 11.6 Å². The van der Waals surface area contributed by atoms with Gasteiger partial charge in [-0.05, 0) is 35.9 Å². The molecular formula is C26H26O8. The van der Waals surface area contributed by atoms with Crippen molar-refractivity contribution in [2.24, 2.45) is 0 Å². The van der Waals surface area contributed by atoms with E-state index in [9.17, 15) is 9.59 Å². The molecule has 4 rings (SSSR count). The third-order valence-electron chi connectivity index (χ3n) is 4.96. The highest BCUT2D eigenvalue weighted by Crippen LogP contribution is 2.38. The summed E-state index contributed by atoms with van der Waals surface area (Å²) in [5.74, 6) is 1.98. The lowest BCUT2D eigenvalue weighted by Gasteiger charge is -2.07. The van der Waals surface area contributed by atoms with Crippen LogP contribution in [0.4, 0.5) is 0 Å². The van der Waals surface area contributed by atoms with Crippen LogP contribution in [0.5, 0.6) is 17.2 Å². The van der Waals surface area contributed by atoms with E-state index >= 15 is 0 Å². The second-order valence-electron chi connectivity index (χ2n) is 7.58. The minimum atomic E-state index is -0.982. The summed E-state index contributed by atoms with van der Waals surface area (Å²) in [6, 6.07) is 12.0. The molecule has 0 saturated carbocycles. The molecule has 178 valence electrons. The number of benzene rings is 2. The van der Waals surface area contributed by atoms with Crippen LogP contribution >= 0.6 is 0 Å². The highest BCUT2D eigenvalue weighted by molar-refractivity contribution is 5.97. The molecule has 0 saturated heterocycles. The van der Waals surface area contributed by atoms with Crippen LogP contribution in [0, 0.1) is 0 Å². The first kappa shape index (κ1) is 24.4. The van der Waals surface area contributed by atoms with E-state index in [0.717, 1.165) is 33.9 Å². The zero-order chi connectivity index (χ0) is 24.8. The highest BCUT2D eigenvalue weighted by Gasteiger charge is 2.18. The second-order valence-corrected chi connectivity index (χ2v) is 7.58. The third-order valence-corrected chi connectivity index (χ3v) is 4.96. The van der Waals surface area contributed by atoms with Crippen molar-refractivity contribution in [3.8, 4) is 17.2 Å². The third kappa shape index (κ3) is 5.40. The number of carboxylic acids is 1. The summed E-state index contributed by atoms with van der Waals surface area (Å²) in [6.07, 6.45) is 2.56. The van der Waals surface area contributed by atoms with Crippen LogP contribution in [0.1, 0.15) is 31.1 Å². The first-order valence-corrected chi connectivity index (χ1v) is 10.4. The van der Waals surface area contributed by atoms with E-state index < -0.39 is 5.97 Å². The molecule has 4 aromatic rings. The summed E-state index contributed by atoms with van der Waals surface area (Å²) in [4.78, 5) is 21.5. The Kier molecular flexibility index (Phi) is 7.63. The molecule has 8 nitrogen and oxygen atoms in total. The van der Waals surface area contributed by atoms with Crippen LogP contribution in [0.3, 0.4) is 0 Å². The standard InChI is InChI=1S/C15H14O4.C11H12O4/c1-8(2)14-15(17-3)10-6-9-4-5-13(16)18-11(9)7-12(10)19-14;1-14-9-5-3-8(4-6-11(12)13)7-10(9)15-2/h4-8H,1-3H3;3-7H,1-2H3,(H,12,13). The van der Waals surface area contributed by atoms with Crippen molar-refractivity contribution in [3.63, 3.8) is 0 Å². The van der Waals surface area contributed by atoms with Crippen LogP contribution in [-0.4, -0.2) is 32.4 Å². The van der Waals surface area contributed by atoms with Gasteiger partial charge in [-0.25, -0.2) is 9.59 Å². The molecule has 0 fully saturated rings. The first-order chi connectivity index (χ1) is 16.3. The van der Waals surface area contributed by atoms with Gasteiger partial charge in [0.1, 0.15) is 16.9 Å². The van der Waals surface area contributed by atoms with Gasteiger partial charge < -0.3 is 28.2 Å². The van der Waals surface area contributed by atoms with E-state index in [2.05, 4.69) is 0 Å². The van der Waals surface area contributed by atoms with Gasteiger partial charge in [-0.15, -0.1) is 0 Å². The molecular weight excluding hydrogens is 440 g/mol. The molecule has 0 amide bonds. The topological polar surface area (TPSA) is 108 Å². The van der Waals surface area contributed by atoms with E-state index in [-0.39, 0.29) is 11.5 Å². The maximum atomic E-state index is 11.2. The predicted molar refractivity (Wildman–Crippen MR) is 129 cm³/mol. The van der Waals surface area contributed by atoms with E-state index in [4.69, 9.17) is 28.2 Å². The molecule has 34 heavy (non-hydrogen) atoms.